The molecule has 4 rings (SSSR count). The van der Waals surface area contributed by atoms with Crippen molar-refractivity contribution < 1.29 is 13.9 Å². The first-order valence-corrected chi connectivity index (χ1v) is 8.48. The first-order chi connectivity index (χ1) is 13.2. The number of fused-ring (bicyclic) bond motifs is 1. The molecule has 6 heteroatoms. The molecule has 5 nitrogen and oxygen atoms in total. The summed E-state index contributed by atoms with van der Waals surface area (Å²) < 4.78 is 25.6. The molecule has 0 N–H and O–H groups in total. The van der Waals surface area contributed by atoms with E-state index in [0.717, 1.165) is 28.2 Å². The second kappa shape index (κ2) is 7.07. The standard InChI is InChI=1S/C21H18FN3O2/c1-26-19-9-5-15(12-20(19)27-2)18-13-23-21-10-8-17(24-25(18)21)11-14-3-6-16(22)7-4-14/h3-10,12-13H,11H2,1-2H3. The fourth-order valence-corrected chi connectivity index (χ4v) is 3.01. The number of rotatable bonds is 5. The van der Waals surface area contributed by atoms with Crippen LogP contribution in [0.25, 0.3) is 16.9 Å². The summed E-state index contributed by atoms with van der Waals surface area (Å²) in [7, 11) is 3.21. The molecule has 0 unspecified atom stereocenters. The summed E-state index contributed by atoms with van der Waals surface area (Å²) in [6, 6.07) is 16.0. The molecule has 4 aromatic rings. The van der Waals surface area contributed by atoms with Crippen LogP contribution in [0.3, 0.4) is 0 Å². The first-order valence-electron chi connectivity index (χ1n) is 8.48. The number of imidazole rings is 1. The van der Waals surface area contributed by atoms with E-state index in [1.807, 2.05) is 30.3 Å². The maximum Gasteiger partial charge on any atom is 0.161 e. The van der Waals surface area contributed by atoms with Gasteiger partial charge in [0.25, 0.3) is 0 Å². The lowest BCUT2D eigenvalue weighted by molar-refractivity contribution is 0.355. The Balaban J connectivity index is 1.73. The van der Waals surface area contributed by atoms with Crippen molar-refractivity contribution in [1.82, 2.24) is 14.6 Å². The molecule has 0 amide bonds. The van der Waals surface area contributed by atoms with E-state index in [-0.39, 0.29) is 5.82 Å². The van der Waals surface area contributed by atoms with Gasteiger partial charge < -0.3 is 9.47 Å². The Kier molecular flexibility index (Phi) is 4.46. The van der Waals surface area contributed by atoms with Crippen LogP contribution < -0.4 is 9.47 Å². The van der Waals surface area contributed by atoms with Gasteiger partial charge in [-0.1, -0.05) is 12.1 Å². The van der Waals surface area contributed by atoms with E-state index in [4.69, 9.17) is 14.6 Å². The van der Waals surface area contributed by atoms with Crippen molar-refractivity contribution in [1.29, 1.82) is 0 Å². The van der Waals surface area contributed by atoms with Crippen LogP contribution in [0.2, 0.25) is 0 Å². The molecular formula is C21H18FN3O2. The van der Waals surface area contributed by atoms with E-state index >= 15 is 0 Å². The highest BCUT2D eigenvalue weighted by atomic mass is 19.1. The number of nitrogens with zero attached hydrogens (tertiary/aromatic N) is 3. The molecule has 0 spiro atoms. The SMILES string of the molecule is COc1ccc(-c2cnc3ccc(Cc4ccc(F)cc4)nn23)cc1OC. The lowest BCUT2D eigenvalue weighted by Crippen LogP contribution is -2.01. The smallest absolute Gasteiger partial charge is 0.161 e. The maximum absolute atomic E-state index is 13.1. The minimum atomic E-state index is -0.243. The van der Waals surface area contributed by atoms with Crippen LogP contribution >= 0.6 is 0 Å². The Hall–Kier alpha value is -3.41. The number of methoxy groups -OCH3 is 2. The van der Waals surface area contributed by atoms with Crippen molar-refractivity contribution >= 4 is 5.65 Å². The van der Waals surface area contributed by atoms with Crippen molar-refractivity contribution in [2.24, 2.45) is 0 Å². The van der Waals surface area contributed by atoms with Crippen LogP contribution in [0.5, 0.6) is 11.5 Å². The number of aromatic nitrogens is 3. The summed E-state index contributed by atoms with van der Waals surface area (Å²) >= 11 is 0. The Morgan fingerprint density at radius 1 is 0.926 bits per heavy atom. The summed E-state index contributed by atoms with van der Waals surface area (Å²) in [6.45, 7) is 0. The van der Waals surface area contributed by atoms with Crippen molar-refractivity contribution in [2.45, 2.75) is 6.42 Å². The minimum Gasteiger partial charge on any atom is -0.493 e. The average Bonchev–Trinajstić information content (AvgIpc) is 3.12. The van der Waals surface area contributed by atoms with Gasteiger partial charge in [0.05, 0.1) is 31.8 Å². The van der Waals surface area contributed by atoms with Gasteiger partial charge in [-0.25, -0.2) is 13.9 Å². The number of hydrogen-bond acceptors (Lipinski definition) is 4. The third kappa shape index (κ3) is 3.33. The number of halogens is 1. The third-order valence-electron chi connectivity index (χ3n) is 4.40. The zero-order valence-electron chi connectivity index (χ0n) is 15.0. The maximum atomic E-state index is 13.1. The molecule has 0 bridgehead atoms. The first kappa shape index (κ1) is 17.0. The Labute approximate surface area is 156 Å². The van der Waals surface area contributed by atoms with Gasteiger partial charge in [-0.05, 0) is 48.0 Å². The second-order valence-corrected chi connectivity index (χ2v) is 6.11. The molecule has 0 atom stereocenters. The molecule has 27 heavy (non-hydrogen) atoms. The highest BCUT2D eigenvalue weighted by molar-refractivity contribution is 5.66. The van der Waals surface area contributed by atoms with Crippen molar-refractivity contribution in [3.05, 3.63) is 77.9 Å². The number of hydrogen-bond donors (Lipinski definition) is 0. The molecule has 0 aliphatic carbocycles. The third-order valence-corrected chi connectivity index (χ3v) is 4.40. The van der Waals surface area contributed by atoms with E-state index < -0.39 is 0 Å². The largest absolute Gasteiger partial charge is 0.493 e. The van der Waals surface area contributed by atoms with Crippen LogP contribution in [-0.2, 0) is 6.42 Å². The van der Waals surface area contributed by atoms with Gasteiger partial charge in [-0.2, -0.15) is 5.10 Å². The van der Waals surface area contributed by atoms with Crippen molar-refractivity contribution in [2.75, 3.05) is 14.2 Å². The highest BCUT2D eigenvalue weighted by Gasteiger charge is 2.12. The van der Waals surface area contributed by atoms with Gasteiger partial charge in [0, 0.05) is 12.0 Å². The molecule has 2 aromatic carbocycles. The van der Waals surface area contributed by atoms with Crippen LogP contribution in [0.1, 0.15) is 11.3 Å². The number of benzene rings is 2. The summed E-state index contributed by atoms with van der Waals surface area (Å²) in [5.41, 5.74) is 4.39. The Morgan fingerprint density at radius 3 is 2.44 bits per heavy atom. The Morgan fingerprint density at radius 2 is 1.70 bits per heavy atom. The quantitative estimate of drug-likeness (QED) is 0.535. The van der Waals surface area contributed by atoms with Gasteiger partial charge in [0.2, 0.25) is 0 Å². The van der Waals surface area contributed by atoms with E-state index in [1.165, 1.54) is 12.1 Å². The fraction of sp³-hybridized carbons (Fsp3) is 0.143. The summed E-state index contributed by atoms with van der Waals surface area (Å²) in [5.74, 6) is 1.07. The minimum absolute atomic E-state index is 0.243. The van der Waals surface area contributed by atoms with Gasteiger partial charge in [-0.3, -0.25) is 0 Å². The predicted octanol–water partition coefficient (Wildman–Crippen LogP) is 4.14. The fourth-order valence-electron chi connectivity index (χ4n) is 3.01. The molecule has 0 aliphatic heterocycles. The van der Waals surface area contributed by atoms with Gasteiger partial charge >= 0.3 is 0 Å². The molecule has 136 valence electrons. The topological polar surface area (TPSA) is 48.7 Å². The highest BCUT2D eigenvalue weighted by Crippen LogP contribution is 2.32. The summed E-state index contributed by atoms with van der Waals surface area (Å²) in [4.78, 5) is 4.43. The molecule has 0 radical (unpaired) electrons. The van der Waals surface area contributed by atoms with E-state index in [1.54, 1.807) is 37.1 Å². The van der Waals surface area contributed by atoms with Crippen molar-refractivity contribution in [3.63, 3.8) is 0 Å². The molecule has 2 aromatic heterocycles. The molecule has 0 saturated carbocycles. The summed E-state index contributed by atoms with van der Waals surface area (Å²) in [6.07, 6.45) is 2.39. The lowest BCUT2D eigenvalue weighted by Gasteiger charge is -2.09. The van der Waals surface area contributed by atoms with Gasteiger partial charge in [-0.15, -0.1) is 0 Å². The predicted molar refractivity (Wildman–Crippen MR) is 101 cm³/mol. The molecule has 0 aliphatic rings. The molecule has 0 fully saturated rings. The van der Waals surface area contributed by atoms with E-state index in [2.05, 4.69) is 4.98 Å². The van der Waals surface area contributed by atoms with Crippen LogP contribution in [-0.4, -0.2) is 28.8 Å². The number of ether oxygens (including phenoxy) is 2. The molecule has 2 heterocycles. The zero-order valence-corrected chi connectivity index (χ0v) is 15.0. The molecular weight excluding hydrogens is 345 g/mol. The van der Waals surface area contributed by atoms with Crippen LogP contribution in [0.15, 0.2) is 60.8 Å². The monoisotopic (exact) mass is 363 g/mol. The zero-order chi connectivity index (χ0) is 18.8. The van der Waals surface area contributed by atoms with Crippen LogP contribution in [0, 0.1) is 5.82 Å². The van der Waals surface area contributed by atoms with E-state index in [0.29, 0.717) is 17.9 Å². The van der Waals surface area contributed by atoms with Crippen LogP contribution in [0.4, 0.5) is 4.39 Å². The van der Waals surface area contributed by atoms with E-state index in [9.17, 15) is 4.39 Å². The van der Waals surface area contributed by atoms with Crippen molar-refractivity contribution in [3.8, 4) is 22.8 Å². The Bertz CT molecular complexity index is 1090. The second-order valence-electron chi connectivity index (χ2n) is 6.11. The lowest BCUT2D eigenvalue weighted by atomic mass is 10.1. The normalized spacial score (nSPS) is 10.9. The van der Waals surface area contributed by atoms with Gasteiger partial charge in [0.1, 0.15) is 5.82 Å². The van der Waals surface area contributed by atoms with Gasteiger partial charge in [0.15, 0.2) is 17.1 Å². The molecule has 0 saturated heterocycles. The summed E-state index contributed by atoms with van der Waals surface area (Å²) in [5, 5.41) is 4.72. The average molecular weight is 363 g/mol.